The third kappa shape index (κ3) is 2.41. The molecule has 1 aromatic heterocycles. The monoisotopic (exact) mass is 245 g/mol. The van der Waals surface area contributed by atoms with Gasteiger partial charge in [-0.3, -0.25) is 0 Å². The molecule has 1 aliphatic heterocycles. The van der Waals surface area contributed by atoms with E-state index < -0.39 is 0 Å². The standard InChI is InChI=1S/C14H15NOS/c1-2-14(17-9-1)12-5-3-11(4-6-12)13-10-15-7-8-16-13/h1-6,9,13,15H,7-8,10H2. The summed E-state index contributed by atoms with van der Waals surface area (Å²) in [6, 6.07) is 12.9. The SMILES string of the molecule is c1csc(-c2ccc(C3CNCCO3)cc2)c1. The molecule has 1 saturated heterocycles. The van der Waals surface area contributed by atoms with E-state index in [9.17, 15) is 0 Å². The molecule has 1 atom stereocenters. The molecule has 0 bridgehead atoms. The van der Waals surface area contributed by atoms with Gasteiger partial charge in [0, 0.05) is 18.0 Å². The summed E-state index contributed by atoms with van der Waals surface area (Å²) in [5.74, 6) is 0. The fourth-order valence-electron chi connectivity index (χ4n) is 2.08. The third-order valence-corrected chi connectivity index (χ3v) is 3.93. The van der Waals surface area contributed by atoms with E-state index in [0.29, 0.717) is 0 Å². The summed E-state index contributed by atoms with van der Waals surface area (Å²) in [7, 11) is 0. The predicted molar refractivity (Wildman–Crippen MR) is 71.3 cm³/mol. The van der Waals surface area contributed by atoms with Gasteiger partial charge in [-0.25, -0.2) is 0 Å². The highest BCUT2D eigenvalue weighted by molar-refractivity contribution is 7.13. The molecule has 1 fully saturated rings. The van der Waals surface area contributed by atoms with Crippen molar-refractivity contribution in [3.63, 3.8) is 0 Å². The van der Waals surface area contributed by atoms with Gasteiger partial charge in [-0.05, 0) is 22.6 Å². The molecule has 0 amide bonds. The first-order chi connectivity index (χ1) is 8.43. The maximum absolute atomic E-state index is 5.73. The molecule has 0 spiro atoms. The summed E-state index contributed by atoms with van der Waals surface area (Å²) in [5.41, 5.74) is 2.55. The third-order valence-electron chi connectivity index (χ3n) is 3.02. The number of nitrogens with one attached hydrogen (secondary N) is 1. The van der Waals surface area contributed by atoms with E-state index in [4.69, 9.17) is 4.74 Å². The molecule has 0 radical (unpaired) electrons. The average Bonchev–Trinajstić information content (AvgIpc) is 2.94. The van der Waals surface area contributed by atoms with Crippen molar-refractivity contribution < 1.29 is 4.74 Å². The number of rotatable bonds is 2. The van der Waals surface area contributed by atoms with Crippen LogP contribution in [0.25, 0.3) is 10.4 Å². The molecule has 1 aliphatic rings. The molecule has 17 heavy (non-hydrogen) atoms. The first kappa shape index (κ1) is 11.0. The predicted octanol–water partition coefficient (Wildman–Crippen LogP) is 3.08. The Morgan fingerprint density at radius 1 is 1.18 bits per heavy atom. The van der Waals surface area contributed by atoms with Crippen LogP contribution >= 0.6 is 11.3 Å². The fourth-order valence-corrected chi connectivity index (χ4v) is 2.82. The molecule has 1 N–H and O–H groups in total. The van der Waals surface area contributed by atoms with Gasteiger partial charge in [0.15, 0.2) is 0 Å². The minimum Gasteiger partial charge on any atom is -0.371 e. The first-order valence-electron chi connectivity index (χ1n) is 5.89. The first-order valence-corrected chi connectivity index (χ1v) is 6.77. The van der Waals surface area contributed by atoms with Gasteiger partial charge in [0.05, 0.1) is 12.7 Å². The van der Waals surface area contributed by atoms with E-state index in [1.165, 1.54) is 16.0 Å². The lowest BCUT2D eigenvalue weighted by Crippen LogP contribution is -2.33. The Balaban J connectivity index is 1.80. The van der Waals surface area contributed by atoms with Crippen LogP contribution in [-0.2, 0) is 4.74 Å². The quantitative estimate of drug-likeness (QED) is 0.878. The zero-order valence-corrected chi connectivity index (χ0v) is 10.4. The van der Waals surface area contributed by atoms with Crippen molar-refractivity contribution in [3.8, 4) is 10.4 Å². The summed E-state index contributed by atoms with van der Waals surface area (Å²) in [5, 5.41) is 5.46. The summed E-state index contributed by atoms with van der Waals surface area (Å²) >= 11 is 1.77. The normalized spacial score (nSPS) is 20.4. The molecule has 1 aromatic carbocycles. The van der Waals surface area contributed by atoms with Gasteiger partial charge in [-0.15, -0.1) is 11.3 Å². The van der Waals surface area contributed by atoms with Crippen LogP contribution in [0.1, 0.15) is 11.7 Å². The summed E-state index contributed by atoms with van der Waals surface area (Å²) in [6.45, 7) is 2.68. The van der Waals surface area contributed by atoms with Crippen molar-refractivity contribution in [2.24, 2.45) is 0 Å². The van der Waals surface area contributed by atoms with Crippen LogP contribution in [0.15, 0.2) is 41.8 Å². The molecular weight excluding hydrogens is 230 g/mol. The lowest BCUT2D eigenvalue weighted by atomic mass is 10.1. The van der Waals surface area contributed by atoms with Gasteiger partial charge in [0.1, 0.15) is 0 Å². The van der Waals surface area contributed by atoms with Crippen molar-refractivity contribution in [1.82, 2.24) is 5.32 Å². The van der Waals surface area contributed by atoms with Crippen molar-refractivity contribution in [1.29, 1.82) is 0 Å². The lowest BCUT2D eigenvalue weighted by Gasteiger charge is -2.24. The van der Waals surface area contributed by atoms with Crippen molar-refractivity contribution in [2.45, 2.75) is 6.10 Å². The Morgan fingerprint density at radius 3 is 2.71 bits per heavy atom. The molecule has 3 heteroatoms. The largest absolute Gasteiger partial charge is 0.371 e. The number of ether oxygens (including phenoxy) is 1. The van der Waals surface area contributed by atoms with Crippen LogP contribution in [0.2, 0.25) is 0 Å². The van der Waals surface area contributed by atoms with E-state index >= 15 is 0 Å². The zero-order valence-electron chi connectivity index (χ0n) is 9.56. The Morgan fingerprint density at radius 2 is 2.06 bits per heavy atom. The van der Waals surface area contributed by atoms with Crippen LogP contribution in [0.4, 0.5) is 0 Å². The van der Waals surface area contributed by atoms with E-state index in [0.717, 1.165) is 19.7 Å². The Hall–Kier alpha value is -1.16. The van der Waals surface area contributed by atoms with E-state index in [-0.39, 0.29) is 6.10 Å². The van der Waals surface area contributed by atoms with E-state index in [1.54, 1.807) is 11.3 Å². The summed E-state index contributed by atoms with van der Waals surface area (Å²) in [4.78, 5) is 1.32. The van der Waals surface area contributed by atoms with E-state index in [2.05, 4.69) is 47.1 Å². The number of hydrogen-bond donors (Lipinski definition) is 1. The minimum atomic E-state index is 0.209. The number of hydrogen-bond acceptors (Lipinski definition) is 3. The second-order valence-corrected chi connectivity index (χ2v) is 5.11. The molecule has 2 heterocycles. The second kappa shape index (κ2) is 5.00. The maximum Gasteiger partial charge on any atom is 0.0949 e. The summed E-state index contributed by atoms with van der Waals surface area (Å²) < 4.78 is 5.73. The highest BCUT2D eigenvalue weighted by atomic mass is 32.1. The number of morpholine rings is 1. The van der Waals surface area contributed by atoms with Crippen molar-refractivity contribution >= 4 is 11.3 Å². The van der Waals surface area contributed by atoms with Gasteiger partial charge in [-0.2, -0.15) is 0 Å². The highest BCUT2D eigenvalue weighted by Gasteiger charge is 2.15. The van der Waals surface area contributed by atoms with Crippen LogP contribution in [-0.4, -0.2) is 19.7 Å². The topological polar surface area (TPSA) is 21.3 Å². The van der Waals surface area contributed by atoms with Crippen LogP contribution in [0.3, 0.4) is 0 Å². The molecular formula is C14H15NOS. The average molecular weight is 245 g/mol. The molecule has 0 aliphatic carbocycles. The molecule has 1 unspecified atom stereocenters. The highest BCUT2D eigenvalue weighted by Crippen LogP contribution is 2.27. The van der Waals surface area contributed by atoms with Crippen LogP contribution in [0.5, 0.6) is 0 Å². The Labute approximate surface area is 105 Å². The Kier molecular flexibility index (Phi) is 3.22. The molecule has 88 valence electrons. The summed E-state index contributed by atoms with van der Waals surface area (Å²) in [6.07, 6.45) is 0.209. The van der Waals surface area contributed by atoms with Gasteiger partial charge in [0.2, 0.25) is 0 Å². The fraction of sp³-hybridized carbons (Fsp3) is 0.286. The van der Waals surface area contributed by atoms with Gasteiger partial charge in [-0.1, -0.05) is 30.3 Å². The van der Waals surface area contributed by atoms with Crippen molar-refractivity contribution in [3.05, 3.63) is 47.3 Å². The number of benzene rings is 1. The maximum atomic E-state index is 5.73. The number of thiophene rings is 1. The van der Waals surface area contributed by atoms with Crippen LogP contribution in [0, 0.1) is 0 Å². The second-order valence-electron chi connectivity index (χ2n) is 4.16. The zero-order chi connectivity index (χ0) is 11.5. The van der Waals surface area contributed by atoms with E-state index in [1.807, 2.05) is 0 Å². The molecule has 2 nitrogen and oxygen atoms in total. The molecule has 0 saturated carbocycles. The smallest absolute Gasteiger partial charge is 0.0949 e. The Bertz CT molecular complexity index is 457. The van der Waals surface area contributed by atoms with Gasteiger partial charge >= 0.3 is 0 Å². The molecule has 2 aromatic rings. The molecule has 3 rings (SSSR count). The van der Waals surface area contributed by atoms with Gasteiger partial charge < -0.3 is 10.1 Å². The van der Waals surface area contributed by atoms with Crippen molar-refractivity contribution in [2.75, 3.05) is 19.7 Å². The minimum absolute atomic E-state index is 0.209. The van der Waals surface area contributed by atoms with Gasteiger partial charge in [0.25, 0.3) is 0 Å². The van der Waals surface area contributed by atoms with Crippen LogP contribution < -0.4 is 5.32 Å². The lowest BCUT2D eigenvalue weighted by molar-refractivity contribution is 0.0277.